The molecule has 3 N–H and O–H groups in total. The molecule has 0 bridgehead atoms. The van der Waals surface area contributed by atoms with Gasteiger partial charge in [-0.15, -0.1) is 0 Å². The lowest BCUT2D eigenvalue weighted by Gasteiger charge is -2.24. The van der Waals surface area contributed by atoms with Crippen LogP contribution in [0, 0.1) is 11.7 Å². The summed E-state index contributed by atoms with van der Waals surface area (Å²) in [6, 6.07) is 4.52. The van der Waals surface area contributed by atoms with Gasteiger partial charge in [0.2, 0.25) is 0 Å². The predicted molar refractivity (Wildman–Crippen MR) is 91.2 cm³/mol. The van der Waals surface area contributed by atoms with Crippen molar-refractivity contribution in [2.24, 2.45) is 5.92 Å². The van der Waals surface area contributed by atoms with Crippen LogP contribution in [0.1, 0.15) is 55.3 Å². The molecule has 1 saturated carbocycles. The fourth-order valence-corrected chi connectivity index (χ4v) is 4.03. The molecule has 1 aromatic rings. The van der Waals surface area contributed by atoms with Crippen molar-refractivity contribution in [3.8, 4) is 0 Å². The second kappa shape index (κ2) is 7.73. The van der Waals surface area contributed by atoms with Gasteiger partial charge in [-0.05, 0) is 52.9 Å². The molecule has 1 aliphatic carbocycles. The van der Waals surface area contributed by atoms with Crippen molar-refractivity contribution < 1.29 is 9.18 Å². The Bertz CT molecular complexity index is 563. The third kappa shape index (κ3) is 4.52. The Morgan fingerprint density at radius 3 is 2.83 bits per heavy atom. The average molecular weight is 384 g/mol. The number of hydrazine groups is 1. The standard InChI is InChI=1S/C17H23BrFN3O/c18-15-7-6-12(19)9-14(15)17(23)20-16-10-13(21-22-16)8-11-4-2-1-3-5-11/h6-7,9,11,13,16,21-22H,1-5,8,10H2,(H,20,23). The molecule has 4 nitrogen and oxygen atoms in total. The highest BCUT2D eigenvalue weighted by Crippen LogP contribution is 2.28. The van der Waals surface area contributed by atoms with E-state index in [1.54, 1.807) is 6.07 Å². The quantitative estimate of drug-likeness (QED) is 0.745. The van der Waals surface area contributed by atoms with Gasteiger partial charge in [0.15, 0.2) is 0 Å². The largest absolute Gasteiger partial charge is 0.335 e. The highest BCUT2D eigenvalue weighted by molar-refractivity contribution is 9.10. The van der Waals surface area contributed by atoms with E-state index in [9.17, 15) is 9.18 Å². The third-order valence-corrected chi connectivity index (χ3v) is 5.49. The van der Waals surface area contributed by atoms with Crippen LogP contribution in [0.15, 0.2) is 22.7 Å². The summed E-state index contributed by atoms with van der Waals surface area (Å²) in [6.07, 6.45) is 8.60. The summed E-state index contributed by atoms with van der Waals surface area (Å²) in [5.41, 5.74) is 6.75. The highest BCUT2D eigenvalue weighted by Gasteiger charge is 2.28. The Labute approximate surface area is 144 Å². The predicted octanol–water partition coefficient (Wildman–Crippen LogP) is 3.48. The smallest absolute Gasteiger partial charge is 0.253 e. The minimum absolute atomic E-state index is 0.119. The van der Waals surface area contributed by atoms with E-state index in [0.717, 1.165) is 18.8 Å². The molecule has 6 heteroatoms. The fraction of sp³-hybridized carbons (Fsp3) is 0.588. The number of amides is 1. The summed E-state index contributed by atoms with van der Waals surface area (Å²) in [5, 5.41) is 2.92. The molecule has 1 heterocycles. The van der Waals surface area contributed by atoms with Crippen LogP contribution in [-0.2, 0) is 0 Å². The topological polar surface area (TPSA) is 53.2 Å². The van der Waals surface area contributed by atoms with Crippen LogP contribution in [0.2, 0.25) is 0 Å². The SMILES string of the molecule is O=C(NC1CC(CC2CCCCC2)NN1)c1cc(F)ccc1Br. The summed E-state index contributed by atoms with van der Waals surface area (Å²) >= 11 is 3.29. The van der Waals surface area contributed by atoms with E-state index in [0.29, 0.717) is 16.1 Å². The Hall–Kier alpha value is -0.980. The molecule has 2 aliphatic rings. The van der Waals surface area contributed by atoms with Crippen LogP contribution in [0.4, 0.5) is 4.39 Å². The number of hydrogen-bond acceptors (Lipinski definition) is 3. The van der Waals surface area contributed by atoms with Gasteiger partial charge >= 0.3 is 0 Å². The monoisotopic (exact) mass is 383 g/mol. The van der Waals surface area contributed by atoms with E-state index < -0.39 is 5.82 Å². The van der Waals surface area contributed by atoms with Crippen LogP contribution in [0.25, 0.3) is 0 Å². The third-order valence-electron chi connectivity index (χ3n) is 4.80. The van der Waals surface area contributed by atoms with Crippen molar-refractivity contribution >= 4 is 21.8 Å². The number of rotatable bonds is 4. The van der Waals surface area contributed by atoms with Crippen LogP contribution in [0.5, 0.6) is 0 Å². The molecule has 2 atom stereocenters. The minimum atomic E-state index is -0.411. The lowest BCUT2D eigenvalue weighted by atomic mass is 9.84. The molecule has 1 saturated heterocycles. The van der Waals surface area contributed by atoms with E-state index >= 15 is 0 Å². The van der Waals surface area contributed by atoms with Gasteiger partial charge in [-0.1, -0.05) is 32.1 Å². The highest BCUT2D eigenvalue weighted by atomic mass is 79.9. The normalized spacial score (nSPS) is 25.5. The van der Waals surface area contributed by atoms with Crippen LogP contribution < -0.4 is 16.2 Å². The summed E-state index contributed by atoms with van der Waals surface area (Å²) < 4.78 is 13.9. The first-order valence-electron chi connectivity index (χ1n) is 8.39. The van der Waals surface area contributed by atoms with E-state index in [-0.39, 0.29) is 12.1 Å². The van der Waals surface area contributed by atoms with Gasteiger partial charge in [-0.3, -0.25) is 10.2 Å². The Balaban J connectivity index is 1.51. The van der Waals surface area contributed by atoms with Crippen molar-refractivity contribution in [2.75, 3.05) is 0 Å². The molecule has 1 aromatic carbocycles. The summed E-state index contributed by atoms with van der Waals surface area (Å²) in [6.45, 7) is 0. The van der Waals surface area contributed by atoms with Gasteiger partial charge in [0.1, 0.15) is 5.82 Å². The molecule has 0 radical (unpaired) electrons. The average Bonchev–Trinajstić information content (AvgIpc) is 2.97. The van der Waals surface area contributed by atoms with E-state index in [2.05, 4.69) is 32.1 Å². The van der Waals surface area contributed by atoms with E-state index in [1.165, 1.54) is 44.2 Å². The molecule has 1 aliphatic heterocycles. The molecular formula is C17H23BrFN3O. The van der Waals surface area contributed by atoms with Crippen LogP contribution in [0.3, 0.4) is 0 Å². The number of carbonyl (C=O) groups is 1. The first kappa shape index (κ1) is 16.9. The Kier molecular flexibility index (Phi) is 5.67. The summed E-state index contributed by atoms with van der Waals surface area (Å²) in [7, 11) is 0. The van der Waals surface area contributed by atoms with Gasteiger partial charge in [0.25, 0.3) is 5.91 Å². The van der Waals surface area contributed by atoms with Gasteiger partial charge < -0.3 is 5.32 Å². The maximum Gasteiger partial charge on any atom is 0.253 e. The molecular weight excluding hydrogens is 361 g/mol. The lowest BCUT2D eigenvalue weighted by molar-refractivity contribution is 0.0931. The van der Waals surface area contributed by atoms with E-state index in [1.807, 2.05) is 0 Å². The maximum absolute atomic E-state index is 13.3. The summed E-state index contributed by atoms with van der Waals surface area (Å²) in [4.78, 5) is 12.3. The van der Waals surface area contributed by atoms with Gasteiger partial charge in [-0.2, -0.15) is 0 Å². The Morgan fingerprint density at radius 1 is 1.26 bits per heavy atom. The van der Waals surface area contributed by atoms with Crippen molar-refractivity contribution in [1.29, 1.82) is 0 Å². The number of hydrogen-bond donors (Lipinski definition) is 3. The molecule has 3 rings (SSSR count). The number of carbonyl (C=O) groups excluding carboxylic acids is 1. The number of halogens is 2. The number of nitrogens with one attached hydrogen (secondary N) is 3. The maximum atomic E-state index is 13.3. The second-order valence-corrected chi connectivity index (χ2v) is 7.47. The van der Waals surface area contributed by atoms with Gasteiger partial charge in [0.05, 0.1) is 11.7 Å². The molecule has 0 aromatic heterocycles. The minimum Gasteiger partial charge on any atom is -0.335 e. The fourth-order valence-electron chi connectivity index (χ4n) is 3.60. The van der Waals surface area contributed by atoms with Crippen LogP contribution >= 0.6 is 15.9 Å². The molecule has 2 fully saturated rings. The molecule has 126 valence electrons. The second-order valence-electron chi connectivity index (χ2n) is 6.61. The number of benzene rings is 1. The Morgan fingerprint density at radius 2 is 2.04 bits per heavy atom. The van der Waals surface area contributed by atoms with Crippen molar-refractivity contribution in [2.45, 2.75) is 57.2 Å². The van der Waals surface area contributed by atoms with E-state index in [4.69, 9.17) is 0 Å². The zero-order valence-electron chi connectivity index (χ0n) is 13.1. The molecule has 23 heavy (non-hydrogen) atoms. The first-order valence-corrected chi connectivity index (χ1v) is 9.18. The molecule has 0 spiro atoms. The van der Waals surface area contributed by atoms with Crippen molar-refractivity contribution in [1.82, 2.24) is 16.2 Å². The summed E-state index contributed by atoms with van der Waals surface area (Å²) in [5.74, 6) is 0.120. The zero-order valence-corrected chi connectivity index (χ0v) is 14.7. The zero-order chi connectivity index (χ0) is 16.2. The van der Waals surface area contributed by atoms with Crippen molar-refractivity contribution in [3.05, 3.63) is 34.1 Å². The van der Waals surface area contributed by atoms with Gasteiger partial charge in [0, 0.05) is 10.5 Å². The van der Waals surface area contributed by atoms with Gasteiger partial charge in [-0.25, -0.2) is 9.82 Å². The van der Waals surface area contributed by atoms with Crippen molar-refractivity contribution in [3.63, 3.8) is 0 Å². The molecule has 1 amide bonds. The lowest BCUT2D eigenvalue weighted by Crippen LogP contribution is -2.44. The first-order chi connectivity index (χ1) is 11.1. The van der Waals surface area contributed by atoms with Crippen LogP contribution in [-0.4, -0.2) is 18.1 Å². The molecule has 2 unspecified atom stereocenters.